The highest BCUT2D eigenvalue weighted by Crippen LogP contribution is 2.00. The van der Waals surface area contributed by atoms with E-state index in [4.69, 9.17) is 18.0 Å². The van der Waals surface area contributed by atoms with Crippen LogP contribution in [0.3, 0.4) is 0 Å². The van der Waals surface area contributed by atoms with Crippen molar-refractivity contribution in [2.24, 2.45) is 0 Å². The van der Waals surface area contributed by atoms with Gasteiger partial charge in [-0.15, -0.1) is 12.8 Å². The Kier molecular flexibility index (Phi) is 7.05. The number of carboxylic acids is 1. The molecule has 92 valence electrons. The quantitative estimate of drug-likeness (QED) is 0.682. The third kappa shape index (κ3) is 5.48. The molecule has 0 saturated heterocycles. The number of carbonyl (C=O) groups is 2. The van der Waals surface area contributed by atoms with E-state index < -0.39 is 18.5 Å². The van der Waals surface area contributed by atoms with Crippen molar-refractivity contribution in [3.05, 3.63) is 0 Å². The Labute approximate surface area is 101 Å². The molecule has 1 N–H and O–H groups in total. The van der Waals surface area contributed by atoms with Crippen LogP contribution >= 0.6 is 0 Å². The van der Waals surface area contributed by atoms with Gasteiger partial charge in [-0.05, 0) is 6.42 Å². The van der Waals surface area contributed by atoms with Crippen LogP contribution in [-0.2, 0) is 4.79 Å². The van der Waals surface area contributed by atoms with Gasteiger partial charge in [-0.3, -0.25) is 4.79 Å². The molecule has 0 aliphatic heterocycles. The number of hydrogen-bond donors (Lipinski definition) is 1. The fourth-order valence-corrected chi connectivity index (χ4v) is 1.29. The van der Waals surface area contributed by atoms with E-state index in [1.165, 1.54) is 4.90 Å². The number of nitrogens with zero attached hydrogens (tertiary/aromatic N) is 2. The fourth-order valence-electron chi connectivity index (χ4n) is 1.29. The smallest absolute Gasteiger partial charge is 0.323 e. The second kappa shape index (κ2) is 8.06. The topological polar surface area (TPSA) is 60.9 Å². The van der Waals surface area contributed by atoms with Gasteiger partial charge in [0, 0.05) is 6.54 Å². The Morgan fingerprint density at radius 1 is 1.18 bits per heavy atom. The minimum absolute atomic E-state index is 0.0457. The maximum atomic E-state index is 11.9. The van der Waals surface area contributed by atoms with Crippen LogP contribution in [0.25, 0.3) is 0 Å². The summed E-state index contributed by atoms with van der Waals surface area (Å²) in [7, 11) is 0. The van der Waals surface area contributed by atoms with Gasteiger partial charge < -0.3 is 14.9 Å². The predicted molar refractivity (Wildman–Crippen MR) is 64.1 cm³/mol. The first-order chi connectivity index (χ1) is 8.06. The van der Waals surface area contributed by atoms with Gasteiger partial charge in [0.1, 0.15) is 6.54 Å². The summed E-state index contributed by atoms with van der Waals surface area (Å²) in [6.07, 6.45) is 11.0. The van der Waals surface area contributed by atoms with Crippen molar-refractivity contribution in [1.82, 2.24) is 9.80 Å². The highest BCUT2D eigenvalue weighted by atomic mass is 16.4. The minimum Gasteiger partial charge on any atom is -0.480 e. The molecule has 0 spiro atoms. The highest BCUT2D eigenvalue weighted by Gasteiger charge is 2.20. The van der Waals surface area contributed by atoms with E-state index in [0.29, 0.717) is 6.54 Å². The molecule has 0 saturated carbocycles. The van der Waals surface area contributed by atoms with E-state index in [0.717, 1.165) is 11.3 Å². The Hall–Kier alpha value is -2.14. The van der Waals surface area contributed by atoms with E-state index in [1.54, 1.807) is 0 Å². The molecule has 0 heterocycles. The van der Waals surface area contributed by atoms with Crippen molar-refractivity contribution in [2.75, 3.05) is 26.2 Å². The predicted octanol–water partition coefficient (Wildman–Crippen LogP) is 0.471. The summed E-state index contributed by atoms with van der Waals surface area (Å²) in [4.78, 5) is 25.0. The summed E-state index contributed by atoms with van der Waals surface area (Å²) in [5, 5.41) is 8.68. The molecule has 5 nitrogen and oxygen atoms in total. The number of hydrogen-bond acceptors (Lipinski definition) is 2. The molecule has 0 aromatic heterocycles. The van der Waals surface area contributed by atoms with Gasteiger partial charge >= 0.3 is 12.0 Å². The van der Waals surface area contributed by atoms with Crippen LogP contribution in [0, 0.1) is 24.7 Å². The van der Waals surface area contributed by atoms with Crippen LogP contribution < -0.4 is 0 Å². The molecular formula is C12H16N2O3. The van der Waals surface area contributed by atoms with Gasteiger partial charge in [0.25, 0.3) is 0 Å². The van der Waals surface area contributed by atoms with E-state index in [2.05, 4.69) is 11.8 Å². The van der Waals surface area contributed by atoms with Crippen LogP contribution in [0.15, 0.2) is 0 Å². The van der Waals surface area contributed by atoms with Crippen LogP contribution in [0.1, 0.15) is 13.3 Å². The molecule has 0 bridgehead atoms. The van der Waals surface area contributed by atoms with Gasteiger partial charge in [0.05, 0.1) is 13.1 Å². The molecule has 0 unspecified atom stereocenters. The standard InChI is InChI=1S/C12H16N2O3/c1-4-7-13(8-5-2)12(17)14(9-6-3)10-11(15)16/h1,3H,5,7-10H2,2H3,(H,15,16). The van der Waals surface area contributed by atoms with Crippen LogP contribution in [-0.4, -0.2) is 53.1 Å². The zero-order chi connectivity index (χ0) is 13.3. The monoisotopic (exact) mass is 236 g/mol. The minimum atomic E-state index is -1.11. The van der Waals surface area contributed by atoms with Crippen LogP contribution in [0.5, 0.6) is 0 Å². The molecule has 0 aliphatic rings. The van der Waals surface area contributed by atoms with Crippen molar-refractivity contribution in [2.45, 2.75) is 13.3 Å². The molecule has 5 heteroatoms. The Morgan fingerprint density at radius 3 is 2.12 bits per heavy atom. The maximum absolute atomic E-state index is 11.9. The zero-order valence-electron chi connectivity index (χ0n) is 9.85. The van der Waals surface area contributed by atoms with Crippen molar-refractivity contribution in [3.63, 3.8) is 0 Å². The lowest BCUT2D eigenvalue weighted by atomic mass is 10.4. The average molecular weight is 236 g/mol. The SMILES string of the molecule is C#CCN(CCC)C(=O)N(CC#C)CC(=O)O. The lowest BCUT2D eigenvalue weighted by Crippen LogP contribution is -2.46. The van der Waals surface area contributed by atoms with E-state index in [-0.39, 0.29) is 13.1 Å². The first-order valence-corrected chi connectivity index (χ1v) is 5.19. The largest absolute Gasteiger partial charge is 0.480 e. The number of terminal acetylenes is 2. The summed E-state index contributed by atoms with van der Waals surface area (Å²) in [5.74, 6) is 3.51. The van der Waals surface area contributed by atoms with Gasteiger partial charge in [-0.2, -0.15) is 0 Å². The molecule has 0 radical (unpaired) electrons. The summed E-state index contributed by atoms with van der Waals surface area (Å²) in [6, 6.07) is -0.440. The average Bonchev–Trinajstić information content (AvgIpc) is 2.27. The molecule has 17 heavy (non-hydrogen) atoms. The number of urea groups is 1. The van der Waals surface area contributed by atoms with Crippen molar-refractivity contribution >= 4 is 12.0 Å². The lowest BCUT2D eigenvalue weighted by Gasteiger charge is -2.26. The van der Waals surface area contributed by atoms with E-state index >= 15 is 0 Å². The summed E-state index contributed by atoms with van der Waals surface area (Å²) in [5.41, 5.74) is 0. The highest BCUT2D eigenvalue weighted by molar-refractivity contribution is 5.80. The lowest BCUT2D eigenvalue weighted by molar-refractivity contribution is -0.137. The van der Waals surface area contributed by atoms with Crippen molar-refractivity contribution in [3.8, 4) is 24.7 Å². The van der Waals surface area contributed by atoms with Crippen molar-refractivity contribution < 1.29 is 14.7 Å². The molecular weight excluding hydrogens is 220 g/mol. The number of aliphatic carboxylic acids is 1. The van der Waals surface area contributed by atoms with Crippen molar-refractivity contribution in [1.29, 1.82) is 0 Å². The number of carboxylic acid groups (broad SMARTS) is 1. The first-order valence-electron chi connectivity index (χ1n) is 5.19. The number of carbonyl (C=O) groups excluding carboxylic acids is 1. The Morgan fingerprint density at radius 2 is 1.71 bits per heavy atom. The second-order valence-corrected chi connectivity index (χ2v) is 3.36. The normalized spacial score (nSPS) is 8.88. The molecule has 0 rings (SSSR count). The third-order valence-corrected chi connectivity index (χ3v) is 1.92. The summed E-state index contributed by atoms with van der Waals surface area (Å²) >= 11 is 0. The van der Waals surface area contributed by atoms with Gasteiger partial charge in [0.15, 0.2) is 0 Å². The van der Waals surface area contributed by atoms with Gasteiger partial charge in [0.2, 0.25) is 0 Å². The summed E-state index contributed by atoms with van der Waals surface area (Å²) < 4.78 is 0. The molecule has 0 aliphatic carbocycles. The number of amides is 2. The molecule has 0 aromatic rings. The Balaban J connectivity index is 4.71. The van der Waals surface area contributed by atoms with E-state index in [1.807, 2.05) is 6.92 Å². The van der Waals surface area contributed by atoms with Gasteiger partial charge in [-0.25, -0.2) is 4.79 Å². The molecule has 0 atom stereocenters. The van der Waals surface area contributed by atoms with E-state index in [9.17, 15) is 9.59 Å². The molecule has 0 aromatic carbocycles. The molecule has 0 fully saturated rings. The van der Waals surface area contributed by atoms with Crippen LogP contribution in [0.2, 0.25) is 0 Å². The maximum Gasteiger partial charge on any atom is 0.323 e. The van der Waals surface area contributed by atoms with Crippen LogP contribution in [0.4, 0.5) is 4.79 Å². The van der Waals surface area contributed by atoms with Gasteiger partial charge in [-0.1, -0.05) is 18.8 Å². The Bertz CT molecular complexity index is 352. The zero-order valence-corrected chi connectivity index (χ0v) is 9.85. The fraction of sp³-hybridized carbons (Fsp3) is 0.500. The summed E-state index contributed by atoms with van der Waals surface area (Å²) in [6.45, 7) is 2.06. The third-order valence-electron chi connectivity index (χ3n) is 1.92. The molecule has 2 amide bonds. The number of rotatable bonds is 6. The first kappa shape index (κ1) is 14.9. The second-order valence-electron chi connectivity index (χ2n) is 3.36.